The molecule has 0 amide bonds. The summed E-state index contributed by atoms with van der Waals surface area (Å²) in [5.41, 5.74) is 2.90. The number of hydrogen-bond acceptors (Lipinski definition) is 3. The monoisotopic (exact) mass is 254 g/mol. The van der Waals surface area contributed by atoms with Gasteiger partial charge in [0.2, 0.25) is 0 Å². The van der Waals surface area contributed by atoms with Gasteiger partial charge in [0.1, 0.15) is 0 Å². The number of rotatable bonds is 5. The molecule has 1 atom stereocenters. The molecule has 3 nitrogen and oxygen atoms in total. The van der Waals surface area contributed by atoms with Gasteiger partial charge in [-0.25, -0.2) is 0 Å². The molecule has 2 rings (SSSR count). The largest absolute Gasteiger partial charge is 0.378 e. The van der Waals surface area contributed by atoms with Crippen LogP contribution in [0.2, 0.25) is 0 Å². The van der Waals surface area contributed by atoms with E-state index in [4.69, 9.17) is 0 Å². The van der Waals surface area contributed by atoms with Crippen LogP contribution in [0.1, 0.15) is 42.2 Å². The molecule has 0 aliphatic heterocycles. The van der Waals surface area contributed by atoms with Gasteiger partial charge in [0.05, 0.1) is 6.04 Å². The van der Waals surface area contributed by atoms with Crippen LogP contribution in [0.4, 0.5) is 5.69 Å². The van der Waals surface area contributed by atoms with Gasteiger partial charge in [-0.15, -0.1) is 0 Å². The maximum Gasteiger partial charge on any atom is 0.162 e. The van der Waals surface area contributed by atoms with Crippen LogP contribution in [-0.2, 0) is 0 Å². The summed E-state index contributed by atoms with van der Waals surface area (Å²) in [6.07, 6.45) is 4.16. The normalized spacial score (nSPS) is 11.9. The molecule has 0 saturated carbocycles. The topological polar surface area (TPSA) is 42.0 Å². The van der Waals surface area contributed by atoms with E-state index in [0.29, 0.717) is 6.42 Å². The van der Waals surface area contributed by atoms with E-state index in [0.717, 1.165) is 16.8 Å². The minimum atomic E-state index is 0.173. The van der Waals surface area contributed by atoms with E-state index >= 15 is 0 Å². The molecule has 1 unspecified atom stereocenters. The van der Waals surface area contributed by atoms with Gasteiger partial charge in [0, 0.05) is 30.1 Å². The lowest BCUT2D eigenvalue weighted by molar-refractivity contribution is 0.0988. The van der Waals surface area contributed by atoms with Crippen molar-refractivity contribution in [3.63, 3.8) is 0 Å². The molecule has 98 valence electrons. The molecule has 0 saturated heterocycles. The molecule has 3 heteroatoms. The number of carbonyl (C=O) groups excluding carboxylic acids is 1. The predicted molar refractivity (Wildman–Crippen MR) is 77.3 cm³/mol. The summed E-state index contributed by atoms with van der Waals surface area (Å²) < 4.78 is 0. The third-order valence-electron chi connectivity index (χ3n) is 3.10. The Morgan fingerprint density at radius 2 is 2.00 bits per heavy atom. The van der Waals surface area contributed by atoms with Gasteiger partial charge < -0.3 is 5.32 Å². The average Bonchev–Trinajstić information content (AvgIpc) is 2.48. The summed E-state index contributed by atoms with van der Waals surface area (Å²) in [6.45, 7) is 3.96. The highest BCUT2D eigenvalue weighted by molar-refractivity contribution is 5.96. The zero-order valence-corrected chi connectivity index (χ0v) is 11.3. The summed E-state index contributed by atoms with van der Waals surface area (Å²) in [6, 6.07) is 11.8. The fourth-order valence-corrected chi connectivity index (χ4v) is 1.92. The second-order valence-electron chi connectivity index (χ2n) is 4.51. The number of nitrogens with one attached hydrogen (secondary N) is 1. The summed E-state index contributed by atoms with van der Waals surface area (Å²) >= 11 is 0. The molecule has 19 heavy (non-hydrogen) atoms. The zero-order valence-electron chi connectivity index (χ0n) is 11.3. The number of nitrogens with zero attached hydrogens (tertiary/aromatic N) is 1. The quantitative estimate of drug-likeness (QED) is 0.824. The van der Waals surface area contributed by atoms with Gasteiger partial charge in [-0.2, -0.15) is 0 Å². The van der Waals surface area contributed by atoms with Crippen molar-refractivity contribution in [2.45, 2.75) is 26.3 Å². The molecule has 0 bridgehead atoms. The number of pyridine rings is 1. The standard InChI is InChI=1S/C16H18N2O/c1-3-16(19)13-6-8-15(9-7-13)18-12(2)14-5-4-10-17-11-14/h4-12,18H,3H2,1-2H3. The lowest BCUT2D eigenvalue weighted by Crippen LogP contribution is -2.07. The average molecular weight is 254 g/mol. The fraction of sp³-hybridized carbons (Fsp3) is 0.250. The molecule has 0 aliphatic rings. The molecular formula is C16H18N2O. The van der Waals surface area contributed by atoms with Crippen molar-refractivity contribution in [2.24, 2.45) is 0 Å². The molecule has 0 fully saturated rings. The van der Waals surface area contributed by atoms with E-state index in [1.807, 2.05) is 49.5 Å². The van der Waals surface area contributed by atoms with Crippen molar-refractivity contribution in [1.82, 2.24) is 4.98 Å². The van der Waals surface area contributed by atoms with Crippen molar-refractivity contribution < 1.29 is 4.79 Å². The summed E-state index contributed by atoms with van der Waals surface area (Å²) in [5, 5.41) is 3.39. The number of benzene rings is 1. The fourth-order valence-electron chi connectivity index (χ4n) is 1.92. The summed E-state index contributed by atoms with van der Waals surface area (Å²) in [7, 11) is 0. The van der Waals surface area contributed by atoms with Gasteiger partial charge in [0.25, 0.3) is 0 Å². The van der Waals surface area contributed by atoms with Crippen LogP contribution in [-0.4, -0.2) is 10.8 Å². The number of Topliss-reactive ketones (excluding diaryl/α,β-unsaturated/α-hetero) is 1. The molecule has 1 aromatic heterocycles. The molecule has 2 aromatic rings. The Bertz CT molecular complexity index is 534. The zero-order chi connectivity index (χ0) is 13.7. The highest BCUT2D eigenvalue weighted by Crippen LogP contribution is 2.19. The van der Waals surface area contributed by atoms with Crippen LogP contribution < -0.4 is 5.32 Å². The van der Waals surface area contributed by atoms with Crippen molar-refractivity contribution in [3.05, 3.63) is 59.9 Å². The van der Waals surface area contributed by atoms with Crippen LogP contribution in [0.25, 0.3) is 0 Å². The van der Waals surface area contributed by atoms with Crippen LogP contribution in [0.15, 0.2) is 48.8 Å². The maximum absolute atomic E-state index is 11.5. The van der Waals surface area contributed by atoms with Crippen LogP contribution >= 0.6 is 0 Å². The van der Waals surface area contributed by atoms with Gasteiger partial charge in [-0.1, -0.05) is 13.0 Å². The van der Waals surface area contributed by atoms with E-state index < -0.39 is 0 Å². The number of anilines is 1. The van der Waals surface area contributed by atoms with E-state index in [9.17, 15) is 4.79 Å². The van der Waals surface area contributed by atoms with E-state index in [1.165, 1.54) is 0 Å². The Morgan fingerprint density at radius 3 is 2.58 bits per heavy atom. The molecule has 0 aliphatic carbocycles. The Balaban J connectivity index is 2.06. The minimum absolute atomic E-state index is 0.173. The van der Waals surface area contributed by atoms with Crippen LogP contribution in [0.5, 0.6) is 0 Å². The number of hydrogen-bond donors (Lipinski definition) is 1. The van der Waals surface area contributed by atoms with E-state index in [1.54, 1.807) is 6.20 Å². The Hall–Kier alpha value is -2.16. The number of carbonyl (C=O) groups is 1. The highest BCUT2D eigenvalue weighted by atomic mass is 16.1. The second kappa shape index (κ2) is 6.14. The first-order chi connectivity index (χ1) is 9.20. The van der Waals surface area contributed by atoms with Crippen molar-refractivity contribution in [2.75, 3.05) is 5.32 Å². The molecule has 0 spiro atoms. The molecular weight excluding hydrogens is 236 g/mol. The summed E-state index contributed by atoms with van der Waals surface area (Å²) in [5.74, 6) is 0.173. The lowest BCUT2D eigenvalue weighted by Gasteiger charge is -2.15. The first-order valence-electron chi connectivity index (χ1n) is 6.50. The lowest BCUT2D eigenvalue weighted by atomic mass is 10.1. The van der Waals surface area contributed by atoms with Gasteiger partial charge >= 0.3 is 0 Å². The maximum atomic E-state index is 11.5. The Kier molecular flexibility index (Phi) is 4.29. The first-order valence-corrected chi connectivity index (χ1v) is 6.50. The van der Waals surface area contributed by atoms with Crippen LogP contribution in [0.3, 0.4) is 0 Å². The minimum Gasteiger partial charge on any atom is -0.378 e. The first kappa shape index (κ1) is 13.3. The van der Waals surface area contributed by atoms with Gasteiger partial charge in [-0.05, 0) is 42.8 Å². The highest BCUT2D eigenvalue weighted by Gasteiger charge is 2.06. The third-order valence-corrected chi connectivity index (χ3v) is 3.10. The molecule has 1 N–H and O–H groups in total. The Morgan fingerprint density at radius 1 is 1.26 bits per heavy atom. The second-order valence-corrected chi connectivity index (χ2v) is 4.51. The smallest absolute Gasteiger partial charge is 0.162 e. The number of ketones is 1. The predicted octanol–water partition coefficient (Wildman–Crippen LogP) is 3.85. The van der Waals surface area contributed by atoms with E-state index in [2.05, 4.69) is 17.2 Å². The summed E-state index contributed by atoms with van der Waals surface area (Å²) in [4.78, 5) is 15.7. The van der Waals surface area contributed by atoms with Crippen molar-refractivity contribution in [3.8, 4) is 0 Å². The van der Waals surface area contributed by atoms with Gasteiger partial charge in [-0.3, -0.25) is 9.78 Å². The van der Waals surface area contributed by atoms with Crippen molar-refractivity contribution in [1.29, 1.82) is 0 Å². The van der Waals surface area contributed by atoms with Crippen LogP contribution in [0, 0.1) is 0 Å². The molecule has 1 aromatic carbocycles. The number of aromatic nitrogens is 1. The molecule has 1 heterocycles. The van der Waals surface area contributed by atoms with E-state index in [-0.39, 0.29) is 11.8 Å². The third kappa shape index (κ3) is 3.41. The van der Waals surface area contributed by atoms with Gasteiger partial charge in [0.15, 0.2) is 5.78 Å². The SMILES string of the molecule is CCC(=O)c1ccc(NC(C)c2cccnc2)cc1. The Labute approximate surface area is 113 Å². The molecule has 0 radical (unpaired) electrons. The van der Waals surface area contributed by atoms with Crippen molar-refractivity contribution >= 4 is 11.5 Å².